The second-order valence-corrected chi connectivity index (χ2v) is 7.64. The third-order valence-corrected chi connectivity index (χ3v) is 5.27. The van der Waals surface area contributed by atoms with Gasteiger partial charge in [0.1, 0.15) is 11.8 Å². The molecule has 1 atom stereocenters. The molecule has 2 aromatic carbocycles. The number of nitrogens with one attached hydrogen (secondary N) is 1. The van der Waals surface area contributed by atoms with Gasteiger partial charge in [-0.25, -0.2) is 0 Å². The molecule has 0 aliphatic carbocycles. The fraction of sp³-hybridized carbons (Fsp3) is 0.333. The maximum Gasteiger partial charge on any atom is 0.261 e. The molecule has 0 heterocycles. The number of hydrogen-bond acceptors (Lipinski definition) is 3. The zero-order chi connectivity index (χ0) is 20.7. The van der Waals surface area contributed by atoms with Gasteiger partial charge in [0.2, 0.25) is 5.91 Å². The van der Waals surface area contributed by atoms with E-state index in [-0.39, 0.29) is 25.0 Å². The quantitative estimate of drug-likeness (QED) is 0.633. The van der Waals surface area contributed by atoms with E-state index in [1.165, 1.54) is 10.5 Å². The van der Waals surface area contributed by atoms with Crippen LogP contribution in [0.2, 0.25) is 5.02 Å². The third kappa shape index (κ3) is 5.97. The Labute approximate surface area is 179 Å². The first-order valence-corrected chi connectivity index (χ1v) is 10.2. The van der Waals surface area contributed by atoms with Gasteiger partial charge in [-0.15, -0.1) is 0 Å². The molecule has 28 heavy (non-hydrogen) atoms. The van der Waals surface area contributed by atoms with Crippen LogP contribution < -0.4 is 10.1 Å². The minimum absolute atomic E-state index is 0.175. The van der Waals surface area contributed by atoms with Crippen molar-refractivity contribution in [1.82, 2.24) is 10.2 Å². The predicted molar refractivity (Wildman–Crippen MR) is 115 cm³/mol. The molecule has 0 radical (unpaired) electrons. The molecule has 0 aliphatic heterocycles. The standard InChI is InChI=1S/C21H24BrClN2O3/c1-4-15-8-9-19(18(22)11-15)28-13-20(26)25(14(2)21(27)24-3)12-16-6-5-7-17(23)10-16/h5-11,14H,4,12-13H2,1-3H3,(H,24,27). The van der Waals surface area contributed by atoms with Gasteiger partial charge in [-0.3, -0.25) is 9.59 Å². The van der Waals surface area contributed by atoms with Crippen molar-refractivity contribution in [2.75, 3.05) is 13.7 Å². The normalized spacial score (nSPS) is 11.6. The number of ether oxygens (including phenoxy) is 1. The number of hydrogen-bond donors (Lipinski definition) is 1. The number of rotatable bonds is 8. The molecule has 1 N–H and O–H groups in total. The number of likely N-dealkylation sites (N-methyl/N-ethyl adjacent to an activating group) is 1. The van der Waals surface area contributed by atoms with Crippen LogP contribution in [0.4, 0.5) is 0 Å². The van der Waals surface area contributed by atoms with Crippen LogP contribution in [0, 0.1) is 0 Å². The van der Waals surface area contributed by atoms with Crippen molar-refractivity contribution in [1.29, 1.82) is 0 Å². The molecule has 0 fully saturated rings. The molecule has 0 saturated carbocycles. The Morgan fingerprint density at radius 1 is 1.21 bits per heavy atom. The predicted octanol–water partition coefficient (Wildman–Crippen LogP) is 4.21. The lowest BCUT2D eigenvalue weighted by Crippen LogP contribution is -2.48. The molecule has 5 nitrogen and oxygen atoms in total. The zero-order valence-electron chi connectivity index (χ0n) is 16.2. The smallest absolute Gasteiger partial charge is 0.261 e. The van der Waals surface area contributed by atoms with Crippen molar-refractivity contribution in [2.24, 2.45) is 0 Å². The number of aryl methyl sites for hydroxylation is 1. The second-order valence-electron chi connectivity index (χ2n) is 6.35. The minimum atomic E-state index is -0.647. The summed E-state index contributed by atoms with van der Waals surface area (Å²) >= 11 is 9.52. The summed E-state index contributed by atoms with van der Waals surface area (Å²) in [5, 5.41) is 3.16. The fourth-order valence-electron chi connectivity index (χ4n) is 2.73. The molecule has 2 rings (SSSR count). The van der Waals surface area contributed by atoms with Crippen LogP contribution in [0.1, 0.15) is 25.0 Å². The van der Waals surface area contributed by atoms with Crippen molar-refractivity contribution in [3.05, 3.63) is 63.1 Å². The lowest BCUT2D eigenvalue weighted by atomic mass is 10.1. The highest BCUT2D eigenvalue weighted by Crippen LogP contribution is 2.26. The fourth-order valence-corrected chi connectivity index (χ4v) is 3.48. The summed E-state index contributed by atoms with van der Waals surface area (Å²) in [7, 11) is 1.55. The lowest BCUT2D eigenvalue weighted by Gasteiger charge is -2.28. The number of halogens is 2. The Morgan fingerprint density at radius 3 is 2.57 bits per heavy atom. The van der Waals surface area contributed by atoms with Gasteiger partial charge in [0.15, 0.2) is 6.61 Å². The summed E-state index contributed by atoms with van der Waals surface area (Å²) in [5.74, 6) is 0.0484. The van der Waals surface area contributed by atoms with Crippen LogP contribution in [0.3, 0.4) is 0 Å². The Kier molecular flexibility index (Phi) is 8.33. The molecule has 2 aromatic rings. The van der Waals surface area contributed by atoms with Crippen LogP contribution >= 0.6 is 27.5 Å². The molecular formula is C21H24BrClN2O3. The van der Waals surface area contributed by atoms with Crippen LogP contribution in [0.5, 0.6) is 5.75 Å². The highest BCUT2D eigenvalue weighted by Gasteiger charge is 2.26. The summed E-state index contributed by atoms with van der Waals surface area (Å²) in [6.07, 6.45) is 0.912. The Hall–Kier alpha value is -2.05. The van der Waals surface area contributed by atoms with Gasteiger partial charge >= 0.3 is 0 Å². The first-order chi connectivity index (χ1) is 13.3. The van der Waals surface area contributed by atoms with E-state index in [1.807, 2.05) is 30.3 Å². The van der Waals surface area contributed by atoms with E-state index >= 15 is 0 Å². The van der Waals surface area contributed by atoms with Crippen molar-refractivity contribution in [3.8, 4) is 5.75 Å². The minimum Gasteiger partial charge on any atom is -0.483 e. The van der Waals surface area contributed by atoms with E-state index in [4.69, 9.17) is 16.3 Å². The first-order valence-electron chi connectivity index (χ1n) is 9.02. The molecule has 0 aliphatic rings. The van der Waals surface area contributed by atoms with Crippen molar-refractivity contribution in [2.45, 2.75) is 32.9 Å². The van der Waals surface area contributed by atoms with E-state index < -0.39 is 6.04 Å². The summed E-state index contributed by atoms with van der Waals surface area (Å²) in [6, 6.07) is 12.3. The summed E-state index contributed by atoms with van der Waals surface area (Å²) < 4.78 is 6.50. The van der Waals surface area contributed by atoms with E-state index in [9.17, 15) is 9.59 Å². The number of nitrogens with zero attached hydrogens (tertiary/aromatic N) is 1. The average Bonchev–Trinajstić information content (AvgIpc) is 2.69. The summed E-state index contributed by atoms with van der Waals surface area (Å²) in [6.45, 7) is 3.84. The number of carbonyl (C=O) groups is 2. The molecular weight excluding hydrogens is 444 g/mol. The van der Waals surface area contributed by atoms with Gasteiger partial charge in [0, 0.05) is 18.6 Å². The van der Waals surface area contributed by atoms with Crippen molar-refractivity contribution >= 4 is 39.3 Å². The summed E-state index contributed by atoms with van der Waals surface area (Å²) in [5.41, 5.74) is 2.01. The van der Waals surface area contributed by atoms with E-state index in [0.717, 1.165) is 16.5 Å². The monoisotopic (exact) mass is 466 g/mol. The lowest BCUT2D eigenvalue weighted by molar-refractivity contribution is -0.142. The molecule has 0 spiro atoms. The first kappa shape index (κ1) is 22.2. The van der Waals surface area contributed by atoms with Gasteiger partial charge in [0.25, 0.3) is 5.91 Å². The van der Waals surface area contributed by atoms with Crippen LogP contribution in [-0.4, -0.2) is 36.4 Å². The van der Waals surface area contributed by atoms with Gasteiger partial charge < -0.3 is 15.0 Å². The maximum absolute atomic E-state index is 12.9. The van der Waals surface area contributed by atoms with Crippen molar-refractivity contribution < 1.29 is 14.3 Å². The molecule has 0 aromatic heterocycles. The van der Waals surface area contributed by atoms with Gasteiger partial charge in [-0.05, 0) is 64.7 Å². The molecule has 7 heteroatoms. The van der Waals surface area contributed by atoms with E-state index in [1.54, 1.807) is 26.1 Å². The van der Waals surface area contributed by atoms with E-state index in [0.29, 0.717) is 10.8 Å². The highest BCUT2D eigenvalue weighted by atomic mass is 79.9. The molecule has 0 saturated heterocycles. The Morgan fingerprint density at radius 2 is 1.96 bits per heavy atom. The van der Waals surface area contributed by atoms with Crippen molar-refractivity contribution in [3.63, 3.8) is 0 Å². The largest absolute Gasteiger partial charge is 0.483 e. The number of amides is 2. The molecule has 1 unspecified atom stereocenters. The van der Waals surface area contributed by atoms with Crippen LogP contribution in [0.15, 0.2) is 46.9 Å². The van der Waals surface area contributed by atoms with Gasteiger partial charge in [-0.1, -0.05) is 36.7 Å². The van der Waals surface area contributed by atoms with E-state index in [2.05, 4.69) is 28.2 Å². The number of carbonyl (C=O) groups excluding carboxylic acids is 2. The molecule has 0 bridgehead atoms. The van der Waals surface area contributed by atoms with Gasteiger partial charge in [-0.2, -0.15) is 0 Å². The zero-order valence-corrected chi connectivity index (χ0v) is 18.5. The Bertz CT molecular complexity index is 844. The summed E-state index contributed by atoms with van der Waals surface area (Å²) in [4.78, 5) is 26.5. The van der Waals surface area contributed by atoms with Gasteiger partial charge in [0.05, 0.1) is 4.47 Å². The number of benzene rings is 2. The molecule has 150 valence electrons. The second kappa shape index (κ2) is 10.5. The SMILES string of the molecule is CCc1ccc(OCC(=O)N(Cc2cccc(Cl)c2)C(C)C(=O)NC)c(Br)c1. The maximum atomic E-state index is 12.9. The van der Waals surface area contributed by atoms with Crippen LogP contribution in [-0.2, 0) is 22.6 Å². The molecule has 2 amide bonds. The topological polar surface area (TPSA) is 58.6 Å². The van der Waals surface area contributed by atoms with Crippen LogP contribution in [0.25, 0.3) is 0 Å². The highest BCUT2D eigenvalue weighted by molar-refractivity contribution is 9.10. The third-order valence-electron chi connectivity index (χ3n) is 4.41. The Balaban J connectivity index is 2.15. The average molecular weight is 468 g/mol.